The summed E-state index contributed by atoms with van der Waals surface area (Å²) in [6.45, 7) is 0.535. The Hall–Kier alpha value is -0.190. The number of ether oxygens (including phenoxy) is 1. The van der Waals surface area contributed by atoms with Gasteiger partial charge in [-0.3, -0.25) is 0 Å². The molecule has 0 saturated carbocycles. The summed E-state index contributed by atoms with van der Waals surface area (Å²) in [7, 11) is 0. The molecule has 0 bridgehead atoms. The fraction of sp³-hybridized carbons (Fsp3) is 0.308. The van der Waals surface area contributed by atoms with Gasteiger partial charge < -0.3 is 4.74 Å². The van der Waals surface area contributed by atoms with Gasteiger partial charge >= 0.3 is 0 Å². The highest BCUT2D eigenvalue weighted by atomic mass is 35.5. The van der Waals surface area contributed by atoms with Crippen LogP contribution in [0.3, 0.4) is 0 Å². The molecule has 0 spiro atoms. The van der Waals surface area contributed by atoms with Gasteiger partial charge in [-0.25, -0.2) is 4.98 Å². The number of hydrogen-bond donors (Lipinski definition) is 0. The van der Waals surface area contributed by atoms with Crippen LogP contribution in [0.5, 0.6) is 5.75 Å². The molecule has 2 aromatic rings. The normalized spacial score (nSPS) is 10.8. The van der Waals surface area contributed by atoms with Crippen molar-refractivity contribution in [3.63, 3.8) is 0 Å². The third-order valence-corrected chi connectivity index (χ3v) is 4.75. The zero-order chi connectivity index (χ0) is 14.5. The van der Waals surface area contributed by atoms with E-state index in [1.807, 2.05) is 5.38 Å². The van der Waals surface area contributed by atoms with Gasteiger partial charge in [0.1, 0.15) is 5.75 Å². The zero-order valence-corrected chi connectivity index (χ0v) is 14.2. The van der Waals surface area contributed by atoms with Gasteiger partial charge in [-0.15, -0.1) is 22.9 Å². The van der Waals surface area contributed by atoms with Crippen molar-refractivity contribution in [2.75, 3.05) is 6.61 Å². The van der Waals surface area contributed by atoms with Crippen LogP contribution in [0.4, 0.5) is 0 Å². The van der Waals surface area contributed by atoms with Crippen molar-refractivity contribution in [3.8, 4) is 5.75 Å². The Balaban J connectivity index is 1.82. The van der Waals surface area contributed by atoms with Crippen molar-refractivity contribution < 1.29 is 4.74 Å². The second-order valence-electron chi connectivity index (χ2n) is 4.01. The number of thiazole rings is 1. The summed E-state index contributed by atoms with van der Waals surface area (Å²) in [5.41, 5.74) is 0.917. The lowest BCUT2D eigenvalue weighted by Gasteiger charge is -2.08. The molecule has 0 aliphatic rings. The van der Waals surface area contributed by atoms with E-state index in [-0.39, 0.29) is 0 Å². The fourth-order valence-corrected chi connectivity index (χ4v) is 3.21. The molecule has 0 aliphatic carbocycles. The van der Waals surface area contributed by atoms with Gasteiger partial charge in [0, 0.05) is 17.9 Å². The molecule has 1 heterocycles. The second kappa shape index (κ2) is 7.71. The lowest BCUT2D eigenvalue weighted by Crippen LogP contribution is -2.00. The maximum atomic E-state index is 6.03. The SMILES string of the molecule is ClCc1csc(CCCOc2cc(Cl)c(Cl)cc2Cl)n1. The first-order chi connectivity index (χ1) is 9.60. The van der Waals surface area contributed by atoms with Gasteiger partial charge in [0.15, 0.2) is 0 Å². The molecule has 0 N–H and O–H groups in total. The number of aryl methyl sites for hydroxylation is 1. The molecule has 2 rings (SSSR count). The summed E-state index contributed by atoms with van der Waals surface area (Å²) in [6, 6.07) is 3.20. The molecular weight excluding hydrogens is 360 g/mol. The summed E-state index contributed by atoms with van der Waals surface area (Å²) in [6.07, 6.45) is 1.69. The van der Waals surface area contributed by atoms with Gasteiger partial charge in [0.2, 0.25) is 0 Å². The maximum Gasteiger partial charge on any atom is 0.139 e. The van der Waals surface area contributed by atoms with Gasteiger partial charge in [-0.1, -0.05) is 34.8 Å². The molecule has 108 valence electrons. The average Bonchev–Trinajstić information content (AvgIpc) is 2.88. The van der Waals surface area contributed by atoms with Crippen molar-refractivity contribution in [2.24, 2.45) is 0 Å². The molecule has 0 aliphatic heterocycles. The Morgan fingerprint density at radius 2 is 1.85 bits per heavy atom. The molecule has 0 radical (unpaired) electrons. The molecule has 7 heteroatoms. The fourth-order valence-electron chi connectivity index (χ4n) is 1.55. The third-order valence-electron chi connectivity index (χ3n) is 2.50. The van der Waals surface area contributed by atoms with E-state index in [1.54, 1.807) is 23.5 Å². The van der Waals surface area contributed by atoms with Crippen LogP contribution in [0.15, 0.2) is 17.5 Å². The van der Waals surface area contributed by atoms with Crippen molar-refractivity contribution in [3.05, 3.63) is 43.3 Å². The third kappa shape index (κ3) is 4.40. The number of nitrogens with zero attached hydrogens (tertiary/aromatic N) is 1. The van der Waals surface area contributed by atoms with Crippen LogP contribution < -0.4 is 4.74 Å². The molecular formula is C13H11Cl4NOS. The monoisotopic (exact) mass is 369 g/mol. The van der Waals surface area contributed by atoms with E-state index in [4.69, 9.17) is 51.1 Å². The molecule has 20 heavy (non-hydrogen) atoms. The van der Waals surface area contributed by atoms with Crippen LogP contribution in [0.25, 0.3) is 0 Å². The first-order valence-electron chi connectivity index (χ1n) is 5.86. The molecule has 0 unspecified atom stereocenters. The quantitative estimate of drug-likeness (QED) is 0.361. The summed E-state index contributed by atoms with van der Waals surface area (Å²) >= 11 is 25.1. The first-order valence-corrected chi connectivity index (χ1v) is 8.41. The number of alkyl halides is 1. The number of halogens is 4. The molecule has 0 saturated heterocycles. The summed E-state index contributed by atoms with van der Waals surface area (Å²) in [4.78, 5) is 4.38. The Labute approximate surface area is 141 Å². The Kier molecular flexibility index (Phi) is 6.24. The minimum Gasteiger partial charge on any atom is -0.492 e. The van der Waals surface area contributed by atoms with Gasteiger partial charge in [-0.05, 0) is 12.5 Å². The van der Waals surface area contributed by atoms with Gasteiger partial charge in [-0.2, -0.15) is 0 Å². The number of rotatable bonds is 6. The topological polar surface area (TPSA) is 22.1 Å². The van der Waals surface area contributed by atoms with Crippen LogP contribution in [0.1, 0.15) is 17.1 Å². The van der Waals surface area contributed by atoms with E-state index in [0.717, 1.165) is 23.5 Å². The zero-order valence-electron chi connectivity index (χ0n) is 10.3. The average molecular weight is 371 g/mol. The first kappa shape index (κ1) is 16.2. The second-order valence-corrected chi connectivity index (χ2v) is 6.45. The van der Waals surface area contributed by atoms with E-state index in [2.05, 4.69) is 4.98 Å². The maximum absolute atomic E-state index is 6.03. The smallest absolute Gasteiger partial charge is 0.139 e. The minimum absolute atomic E-state index is 0.417. The minimum atomic E-state index is 0.417. The highest BCUT2D eigenvalue weighted by Gasteiger charge is 2.07. The van der Waals surface area contributed by atoms with E-state index >= 15 is 0 Å². The van der Waals surface area contributed by atoms with Crippen molar-refractivity contribution in [1.29, 1.82) is 0 Å². The predicted molar refractivity (Wildman–Crippen MR) is 87.0 cm³/mol. The van der Waals surface area contributed by atoms with Crippen LogP contribution in [-0.2, 0) is 12.3 Å². The highest BCUT2D eigenvalue weighted by Crippen LogP contribution is 2.33. The van der Waals surface area contributed by atoms with Crippen molar-refractivity contribution in [2.45, 2.75) is 18.7 Å². The van der Waals surface area contributed by atoms with E-state index < -0.39 is 0 Å². The number of benzene rings is 1. The summed E-state index contributed by atoms with van der Waals surface area (Å²) in [5, 5.41) is 4.33. The van der Waals surface area contributed by atoms with Crippen molar-refractivity contribution >= 4 is 57.7 Å². The number of aromatic nitrogens is 1. The molecule has 0 atom stereocenters. The van der Waals surface area contributed by atoms with Crippen LogP contribution >= 0.6 is 57.7 Å². The standard InChI is InChI=1S/C13H11Cl4NOS/c14-6-8-7-20-13(18-8)2-1-3-19-12-5-10(16)9(15)4-11(12)17/h4-5,7H,1-3,6H2. The van der Waals surface area contributed by atoms with Crippen LogP contribution in [0.2, 0.25) is 15.1 Å². The van der Waals surface area contributed by atoms with E-state index in [0.29, 0.717) is 33.3 Å². The molecule has 0 fully saturated rings. The Morgan fingerprint density at radius 1 is 1.10 bits per heavy atom. The van der Waals surface area contributed by atoms with Gasteiger partial charge in [0.25, 0.3) is 0 Å². The highest BCUT2D eigenvalue weighted by molar-refractivity contribution is 7.09. The number of hydrogen-bond acceptors (Lipinski definition) is 3. The largest absolute Gasteiger partial charge is 0.492 e. The summed E-state index contributed by atoms with van der Waals surface area (Å²) in [5.74, 6) is 0.993. The molecule has 0 amide bonds. The van der Waals surface area contributed by atoms with E-state index in [1.165, 1.54) is 0 Å². The Morgan fingerprint density at radius 3 is 2.55 bits per heavy atom. The molecule has 1 aromatic carbocycles. The molecule has 1 aromatic heterocycles. The van der Waals surface area contributed by atoms with Gasteiger partial charge in [0.05, 0.1) is 38.3 Å². The predicted octanol–water partition coefficient (Wildman–Crippen LogP) is 5.85. The van der Waals surface area contributed by atoms with E-state index in [9.17, 15) is 0 Å². The molecule has 2 nitrogen and oxygen atoms in total. The van der Waals surface area contributed by atoms with Crippen LogP contribution in [0, 0.1) is 0 Å². The lowest BCUT2D eigenvalue weighted by atomic mass is 10.3. The van der Waals surface area contributed by atoms with Crippen molar-refractivity contribution in [1.82, 2.24) is 4.98 Å². The van der Waals surface area contributed by atoms with Crippen LogP contribution in [-0.4, -0.2) is 11.6 Å². The lowest BCUT2D eigenvalue weighted by molar-refractivity contribution is 0.311. The summed E-state index contributed by atoms with van der Waals surface area (Å²) < 4.78 is 5.60. The Bertz CT molecular complexity index is 588.